The summed E-state index contributed by atoms with van der Waals surface area (Å²) in [4.78, 5) is 4.86. The maximum atomic E-state index is 12.7. The Labute approximate surface area is 178 Å². The number of thiazole rings is 1. The SMILES string of the molecule is Cc1ccc(Cl)cc1S(=O)(=O)Nc1ccc(-c2csc(-c3ccccc3)n2)cc1. The summed E-state index contributed by atoms with van der Waals surface area (Å²) in [6, 6.07) is 22.0. The van der Waals surface area contributed by atoms with Crippen LogP contribution in [0.5, 0.6) is 0 Å². The van der Waals surface area contributed by atoms with Gasteiger partial charge < -0.3 is 0 Å². The fraction of sp³-hybridized carbons (Fsp3) is 0.0455. The predicted molar refractivity (Wildman–Crippen MR) is 120 cm³/mol. The number of halogens is 1. The molecule has 0 aliphatic carbocycles. The number of hydrogen-bond donors (Lipinski definition) is 1. The molecule has 0 bridgehead atoms. The number of benzene rings is 3. The van der Waals surface area contributed by atoms with E-state index >= 15 is 0 Å². The summed E-state index contributed by atoms with van der Waals surface area (Å²) in [6.45, 7) is 1.74. The minimum absolute atomic E-state index is 0.168. The Bertz CT molecular complexity index is 1250. The first-order chi connectivity index (χ1) is 13.9. The Morgan fingerprint density at radius 2 is 1.66 bits per heavy atom. The molecule has 1 aromatic heterocycles. The number of aromatic nitrogens is 1. The molecule has 1 N–H and O–H groups in total. The monoisotopic (exact) mass is 440 g/mol. The number of hydrogen-bond acceptors (Lipinski definition) is 4. The summed E-state index contributed by atoms with van der Waals surface area (Å²) in [5, 5.41) is 3.32. The van der Waals surface area contributed by atoms with Gasteiger partial charge in [0.25, 0.3) is 10.0 Å². The molecule has 4 aromatic rings. The van der Waals surface area contributed by atoms with Crippen LogP contribution < -0.4 is 4.72 Å². The highest BCUT2D eigenvalue weighted by Gasteiger charge is 2.17. The van der Waals surface area contributed by atoms with E-state index in [2.05, 4.69) is 9.71 Å². The van der Waals surface area contributed by atoms with Gasteiger partial charge in [-0.25, -0.2) is 13.4 Å². The fourth-order valence-corrected chi connectivity index (χ4v) is 5.30. The van der Waals surface area contributed by atoms with Gasteiger partial charge in [0, 0.05) is 27.2 Å². The van der Waals surface area contributed by atoms with Crippen LogP contribution in [0.2, 0.25) is 5.02 Å². The van der Waals surface area contributed by atoms with Crippen molar-refractivity contribution in [3.05, 3.63) is 88.8 Å². The van der Waals surface area contributed by atoms with Crippen LogP contribution in [-0.2, 0) is 10.0 Å². The third kappa shape index (κ3) is 4.34. The van der Waals surface area contributed by atoms with Crippen LogP contribution in [0, 0.1) is 6.92 Å². The van der Waals surface area contributed by atoms with E-state index in [0.717, 1.165) is 21.8 Å². The topological polar surface area (TPSA) is 59.1 Å². The molecule has 0 aliphatic heterocycles. The number of rotatable bonds is 5. The lowest BCUT2D eigenvalue weighted by molar-refractivity contribution is 0.600. The van der Waals surface area contributed by atoms with Crippen molar-refractivity contribution in [2.75, 3.05) is 4.72 Å². The van der Waals surface area contributed by atoms with Gasteiger partial charge in [-0.15, -0.1) is 11.3 Å². The highest BCUT2D eigenvalue weighted by molar-refractivity contribution is 7.92. The first-order valence-corrected chi connectivity index (χ1v) is 11.6. The molecule has 0 fully saturated rings. The van der Waals surface area contributed by atoms with E-state index in [1.807, 2.05) is 47.8 Å². The third-order valence-electron chi connectivity index (χ3n) is 4.40. The first-order valence-electron chi connectivity index (χ1n) is 8.83. The second-order valence-electron chi connectivity index (χ2n) is 6.50. The minimum Gasteiger partial charge on any atom is -0.280 e. The second-order valence-corrected chi connectivity index (χ2v) is 9.44. The molecule has 0 atom stereocenters. The van der Waals surface area contributed by atoms with E-state index < -0.39 is 10.0 Å². The highest BCUT2D eigenvalue weighted by Crippen LogP contribution is 2.30. The maximum absolute atomic E-state index is 12.7. The largest absolute Gasteiger partial charge is 0.280 e. The Balaban J connectivity index is 1.56. The molecule has 4 nitrogen and oxygen atoms in total. The lowest BCUT2D eigenvalue weighted by Crippen LogP contribution is -2.14. The summed E-state index contributed by atoms with van der Waals surface area (Å²) < 4.78 is 28.0. The second kappa shape index (κ2) is 7.99. The van der Waals surface area contributed by atoms with Crippen molar-refractivity contribution in [3.63, 3.8) is 0 Å². The van der Waals surface area contributed by atoms with Gasteiger partial charge in [0.05, 0.1) is 10.6 Å². The van der Waals surface area contributed by atoms with Gasteiger partial charge in [0.1, 0.15) is 5.01 Å². The Morgan fingerprint density at radius 3 is 2.38 bits per heavy atom. The Morgan fingerprint density at radius 1 is 0.931 bits per heavy atom. The van der Waals surface area contributed by atoms with E-state index in [1.54, 1.807) is 42.5 Å². The molecule has 0 radical (unpaired) electrons. The smallest absolute Gasteiger partial charge is 0.262 e. The van der Waals surface area contributed by atoms with Gasteiger partial charge in [0.2, 0.25) is 0 Å². The first kappa shape index (κ1) is 19.6. The fourth-order valence-electron chi connectivity index (χ4n) is 2.90. The zero-order valence-corrected chi connectivity index (χ0v) is 17.9. The van der Waals surface area contributed by atoms with E-state index in [4.69, 9.17) is 11.6 Å². The lowest BCUT2D eigenvalue weighted by atomic mass is 10.1. The van der Waals surface area contributed by atoms with Crippen LogP contribution in [0.1, 0.15) is 5.56 Å². The van der Waals surface area contributed by atoms with Crippen molar-refractivity contribution in [2.45, 2.75) is 11.8 Å². The quantitative estimate of drug-likeness (QED) is 0.399. The van der Waals surface area contributed by atoms with Crippen LogP contribution in [0.15, 0.2) is 83.1 Å². The lowest BCUT2D eigenvalue weighted by Gasteiger charge is -2.11. The minimum atomic E-state index is -3.72. The molecule has 4 rings (SSSR count). The molecule has 7 heteroatoms. The number of nitrogens with one attached hydrogen (secondary N) is 1. The summed E-state index contributed by atoms with van der Waals surface area (Å²) in [5.74, 6) is 0. The predicted octanol–water partition coefficient (Wildman–Crippen LogP) is 6.24. The van der Waals surface area contributed by atoms with Crippen molar-refractivity contribution < 1.29 is 8.42 Å². The van der Waals surface area contributed by atoms with Crippen molar-refractivity contribution >= 4 is 38.6 Å². The van der Waals surface area contributed by atoms with Gasteiger partial charge in [-0.1, -0.05) is 60.1 Å². The van der Waals surface area contributed by atoms with Gasteiger partial charge >= 0.3 is 0 Å². The van der Waals surface area contributed by atoms with Crippen LogP contribution in [0.4, 0.5) is 5.69 Å². The molecular weight excluding hydrogens is 424 g/mol. The zero-order valence-electron chi connectivity index (χ0n) is 15.5. The molecule has 29 heavy (non-hydrogen) atoms. The summed E-state index contributed by atoms with van der Waals surface area (Å²) in [7, 11) is -3.72. The van der Waals surface area contributed by atoms with Crippen molar-refractivity contribution in [1.82, 2.24) is 4.98 Å². The number of nitrogens with zero attached hydrogens (tertiary/aromatic N) is 1. The summed E-state index contributed by atoms with van der Waals surface area (Å²) in [5.41, 5.74) is 3.96. The van der Waals surface area contributed by atoms with E-state index in [9.17, 15) is 8.42 Å². The van der Waals surface area contributed by atoms with E-state index in [1.165, 1.54) is 6.07 Å². The Hall–Kier alpha value is -2.67. The van der Waals surface area contributed by atoms with Crippen molar-refractivity contribution in [3.8, 4) is 21.8 Å². The van der Waals surface area contributed by atoms with Gasteiger partial charge in [-0.3, -0.25) is 4.72 Å². The highest BCUT2D eigenvalue weighted by atomic mass is 35.5. The molecule has 0 spiro atoms. The summed E-state index contributed by atoms with van der Waals surface area (Å²) in [6.07, 6.45) is 0. The third-order valence-corrected chi connectivity index (χ3v) is 7.05. The van der Waals surface area contributed by atoms with Gasteiger partial charge in [-0.05, 0) is 36.8 Å². The Kier molecular flexibility index (Phi) is 5.41. The normalized spacial score (nSPS) is 11.4. The van der Waals surface area contributed by atoms with Gasteiger partial charge in [-0.2, -0.15) is 0 Å². The molecule has 0 saturated heterocycles. The molecule has 0 saturated carbocycles. The van der Waals surface area contributed by atoms with E-state index in [-0.39, 0.29) is 4.90 Å². The van der Waals surface area contributed by atoms with Crippen molar-refractivity contribution in [2.24, 2.45) is 0 Å². The van der Waals surface area contributed by atoms with Crippen LogP contribution in [0.3, 0.4) is 0 Å². The molecule has 1 heterocycles. The number of anilines is 1. The average molecular weight is 441 g/mol. The molecule has 146 valence electrons. The average Bonchev–Trinajstić information content (AvgIpc) is 3.21. The van der Waals surface area contributed by atoms with Crippen LogP contribution >= 0.6 is 22.9 Å². The molecule has 3 aromatic carbocycles. The molecule has 0 aliphatic rings. The number of sulfonamides is 1. The number of aryl methyl sites for hydroxylation is 1. The molecule has 0 unspecified atom stereocenters. The van der Waals surface area contributed by atoms with Crippen LogP contribution in [-0.4, -0.2) is 13.4 Å². The van der Waals surface area contributed by atoms with E-state index in [0.29, 0.717) is 16.3 Å². The van der Waals surface area contributed by atoms with Crippen LogP contribution in [0.25, 0.3) is 21.8 Å². The maximum Gasteiger partial charge on any atom is 0.262 e. The standard InChI is InChI=1S/C22H17ClN2O2S2/c1-15-7-10-18(23)13-21(15)29(26,27)25-19-11-8-16(9-12-19)20-14-28-22(24-20)17-5-3-2-4-6-17/h2-14,25H,1H3. The molecule has 0 amide bonds. The zero-order chi connectivity index (χ0) is 20.4. The molecular formula is C22H17ClN2O2S2. The van der Waals surface area contributed by atoms with Crippen molar-refractivity contribution in [1.29, 1.82) is 0 Å². The van der Waals surface area contributed by atoms with Gasteiger partial charge in [0.15, 0.2) is 0 Å². The summed E-state index contributed by atoms with van der Waals surface area (Å²) >= 11 is 7.54.